The monoisotopic (exact) mass is 417 g/mol. The van der Waals surface area contributed by atoms with Gasteiger partial charge in [-0.1, -0.05) is 18.2 Å². The van der Waals surface area contributed by atoms with Crippen LogP contribution in [-0.4, -0.2) is 47.1 Å². The molecule has 0 aliphatic rings. The van der Waals surface area contributed by atoms with Gasteiger partial charge in [0.1, 0.15) is 5.54 Å². The number of aromatic nitrogens is 6. The van der Waals surface area contributed by atoms with Crippen molar-refractivity contribution in [2.45, 2.75) is 18.9 Å². The zero-order valence-electron chi connectivity index (χ0n) is 17.3. The van der Waals surface area contributed by atoms with Crippen LogP contribution in [0.1, 0.15) is 13.3 Å². The van der Waals surface area contributed by atoms with Crippen LogP contribution in [0.2, 0.25) is 0 Å². The Hall–Kier alpha value is -3.85. The summed E-state index contributed by atoms with van der Waals surface area (Å²) in [6, 6.07) is 7.97. The number of hydrogen-bond acceptors (Lipinski definition) is 6. The lowest BCUT2D eigenvalue weighted by Gasteiger charge is -2.25. The van der Waals surface area contributed by atoms with E-state index in [1.54, 1.807) is 36.4 Å². The van der Waals surface area contributed by atoms with Crippen molar-refractivity contribution in [3.8, 4) is 33.6 Å². The first-order valence-corrected chi connectivity index (χ1v) is 9.78. The molecule has 0 saturated heterocycles. The number of rotatable bonds is 7. The number of carbonyl (C=O) groups excluding carboxylic acids is 1. The molecule has 1 aromatic carbocycles. The van der Waals surface area contributed by atoms with Crippen LogP contribution in [0.25, 0.3) is 33.6 Å². The summed E-state index contributed by atoms with van der Waals surface area (Å²) in [5, 5.41) is 17.8. The summed E-state index contributed by atoms with van der Waals surface area (Å²) in [7, 11) is 1.88. The molecular weight excluding hydrogens is 394 g/mol. The molecule has 0 aliphatic carbocycles. The van der Waals surface area contributed by atoms with Gasteiger partial charge in [0.15, 0.2) is 5.82 Å². The van der Waals surface area contributed by atoms with Crippen molar-refractivity contribution in [3.05, 3.63) is 61.4 Å². The van der Waals surface area contributed by atoms with Crippen molar-refractivity contribution in [1.29, 1.82) is 0 Å². The van der Waals surface area contributed by atoms with E-state index in [1.807, 2.05) is 43.7 Å². The molecule has 3 N–H and O–H groups in total. The van der Waals surface area contributed by atoms with Crippen LogP contribution in [-0.2, 0) is 17.4 Å². The molecule has 0 bridgehead atoms. The second-order valence-electron chi connectivity index (χ2n) is 7.56. The van der Waals surface area contributed by atoms with E-state index in [1.165, 1.54) is 4.68 Å². The van der Waals surface area contributed by atoms with Gasteiger partial charge in [-0.25, -0.2) is 9.97 Å². The fourth-order valence-electron chi connectivity index (χ4n) is 3.34. The van der Waals surface area contributed by atoms with Gasteiger partial charge in [0.2, 0.25) is 5.91 Å². The zero-order chi connectivity index (χ0) is 22.0. The molecule has 3 aromatic heterocycles. The van der Waals surface area contributed by atoms with E-state index in [2.05, 4.69) is 20.2 Å². The minimum Gasteiger partial charge on any atom is -0.396 e. The largest absolute Gasteiger partial charge is 0.396 e. The molecule has 31 heavy (non-hydrogen) atoms. The number of nitrogens with two attached hydrogens (primary N) is 1. The first-order valence-electron chi connectivity index (χ1n) is 9.78. The Morgan fingerprint density at radius 3 is 2.32 bits per heavy atom. The average Bonchev–Trinajstić information content (AvgIpc) is 3.44. The Morgan fingerprint density at radius 2 is 1.68 bits per heavy atom. The Balaban J connectivity index is 1.60. The second-order valence-corrected chi connectivity index (χ2v) is 7.56. The van der Waals surface area contributed by atoms with Crippen LogP contribution >= 0.6 is 0 Å². The molecule has 0 spiro atoms. The van der Waals surface area contributed by atoms with E-state index in [0.29, 0.717) is 5.82 Å². The average molecular weight is 417 g/mol. The number of amides is 1. The summed E-state index contributed by atoms with van der Waals surface area (Å²) in [4.78, 5) is 20.9. The van der Waals surface area contributed by atoms with Gasteiger partial charge < -0.3 is 10.8 Å². The molecule has 1 unspecified atom stereocenters. The standard InChI is InChI=1S/C22H23N7O2/c1-22(6-7-30,21(23)31)29-14-19(12-27-29)17-9-24-20(25-10-17)16-5-3-4-15(8-16)18-11-26-28(2)13-18/h3-5,8-14,30H,6-7H2,1-2H3,(H2,23,31). The maximum atomic E-state index is 11.9. The highest BCUT2D eigenvalue weighted by atomic mass is 16.3. The molecule has 0 fully saturated rings. The van der Waals surface area contributed by atoms with Crippen LogP contribution in [0.3, 0.4) is 0 Å². The van der Waals surface area contributed by atoms with Crippen LogP contribution in [0, 0.1) is 0 Å². The molecule has 1 atom stereocenters. The van der Waals surface area contributed by atoms with Gasteiger partial charge >= 0.3 is 0 Å². The predicted octanol–water partition coefficient (Wildman–Crippen LogP) is 1.99. The quantitative estimate of drug-likeness (QED) is 0.474. The van der Waals surface area contributed by atoms with Crippen LogP contribution < -0.4 is 5.73 Å². The topological polar surface area (TPSA) is 125 Å². The number of aliphatic hydroxyl groups excluding tert-OH is 1. The van der Waals surface area contributed by atoms with Crippen LogP contribution in [0.4, 0.5) is 0 Å². The van der Waals surface area contributed by atoms with Crippen LogP contribution in [0.15, 0.2) is 61.4 Å². The molecule has 3 heterocycles. The molecule has 1 amide bonds. The summed E-state index contributed by atoms with van der Waals surface area (Å²) in [6.45, 7) is 1.47. The van der Waals surface area contributed by atoms with E-state index < -0.39 is 11.4 Å². The van der Waals surface area contributed by atoms with E-state index >= 15 is 0 Å². The first kappa shape index (κ1) is 20.4. The smallest absolute Gasteiger partial charge is 0.245 e. The van der Waals surface area contributed by atoms with Gasteiger partial charge in [-0.05, 0) is 18.6 Å². The SMILES string of the molecule is Cn1cc(-c2cccc(-c3ncc(-c4cnn(C(C)(CCO)C(N)=O)c4)cn3)c2)cn1. The lowest BCUT2D eigenvalue weighted by molar-refractivity contribution is -0.127. The first-order chi connectivity index (χ1) is 14.9. The van der Waals surface area contributed by atoms with Gasteiger partial charge in [-0.15, -0.1) is 0 Å². The molecule has 4 rings (SSSR count). The molecule has 158 valence electrons. The highest BCUT2D eigenvalue weighted by Crippen LogP contribution is 2.27. The van der Waals surface area contributed by atoms with Gasteiger partial charge in [-0.3, -0.25) is 14.2 Å². The normalized spacial score (nSPS) is 13.1. The maximum absolute atomic E-state index is 11.9. The molecule has 9 heteroatoms. The minimum absolute atomic E-state index is 0.173. The third-order valence-corrected chi connectivity index (χ3v) is 5.36. The van der Waals surface area contributed by atoms with Crippen molar-refractivity contribution < 1.29 is 9.90 Å². The van der Waals surface area contributed by atoms with Crippen molar-refractivity contribution in [1.82, 2.24) is 29.5 Å². The second kappa shape index (κ2) is 8.11. The molecular formula is C22H23N7O2. The third kappa shape index (κ3) is 3.95. The Bertz CT molecular complexity index is 1210. The highest BCUT2D eigenvalue weighted by molar-refractivity contribution is 5.82. The van der Waals surface area contributed by atoms with E-state index in [-0.39, 0.29) is 13.0 Å². The molecule has 9 nitrogen and oxygen atoms in total. The highest BCUT2D eigenvalue weighted by Gasteiger charge is 2.33. The number of aryl methyl sites for hydroxylation is 1. The summed E-state index contributed by atoms with van der Waals surface area (Å²) in [5.41, 5.74) is 8.89. The van der Waals surface area contributed by atoms with Crippen molar-refractivity contribution >= 4 is 5.91 Å². The number of benzene rings is 1. The molecule has 0 saturated carbocycles. The van der Waals surface area contributed by atoms with Gasteiger partial charge in [0.25, 0.3) is 0 Å². The Kier molecular flexibility index (Phi) is 5.35. The fraction of sp³-hybridized carbons (Fsp3) is 0.227. The van der Waals surface area contributed by atoms with Gasteiger partial charge in [-0.2, -0.15) is 10.2 Å². The number of aliphatic hydroxyl groups is 1. The van der Waals surface area contributed by atoms with Crippen molar-refractivity contribution in [2.24, 2.45) is 12.8 Å². The van der Waals surface area contributed by atoms with E-state index in [0.717, 1.165) is 27.8 Å². The van der Waals surface area contributed by atoms with Crippen molar-refractivity contribution in [3.63, 3.8) is 0 Å². The van der Waals surface area contributed by atoms with Gasteiger partial charge in [0.05, 0.1) is 12.4 Å². The lowest BCUT2D eigenvalue weighted by Crippen LogP contribution is -2.44. The van der Waals surface area contributed by atoms with Crippen molar-refractivity contribution in [2.75, 3.05) is 6.61 Å². The Labute approximate surface area is 179 Å². The molecule has 0 aliphatic heterocycles. The van der Waals surface area contributed by atoms with Gasteiger partial charge in [0, 0.05) is 67.1 Å². The van der Waals surface area contributed by atoms with Crippen LogP contribution in [0.5, 0.6) is 0 Å². The van der Waals surface area contributed by atoms with E-state index in [4.69, 9.17) is 5.73 Å². The summed E-state index contributed by atoms with van der Waals surface area (Å²) >= 11 is 0. The maximum Gasteiger partial charge on any atom is 0.245 e. The lowest BCUT2D eigenvalue weighted by atomic mass is 9.98. The number of carbonyl (C=O) groups is 1. The third-order valence-electron chi connectivity index (χ3n) is 5.36. The number of nitrogens with zero attached hydrogens (tertiary/aromatic N) is 6. The number of primary amides is 1. The predicted molar refractivity (Wildman–Crippen MR) is 115 cm³/mol. The zero-order valence-corrected chi connectivity index (χ0v) is 17.3. The molecule has 0 radical (unpaired) electrons. The Morgan fingerprint density at radius 1 is 1.00 bits per heavy atom. The summed E-state index contributed by atoms with van der Waals surface area (Å²) in [6.07, 6.45) is 10.7. The number of hydrogen-bond donors (Lipinski definition) is 2. The molecule has 4 aromatic rings. The summed E-state index contributed by atoms with van der Waals surface area (Å²) in [5.74, 6) is 0.0421. The minimum atomic E-state index is -1.11. The van der Waals surface area contributed by atoms with E-state index in [9.17, 15) is 9.90 Å². The summed E-state index contributed by atoms with van der Waals surface area (Å²) < 4.78 is 3.24. The fourth-order valence-corrected chi connectivity index (χ4v) is 3.34.